The third kappa shape index (κ3) is 3.66. The Balaban J connectivity index is 2.33. The number of carboxylic acids is 1. The molecule has 0 aromatic rings. The van der Waals surface area contributed by atoms with E-state index in [0.717, 1.165) is 57.8 Å². The molecule has 1 rings (SSSR count). The summed E-state index contributed by atoms with van der Waals surface area (Å²) in [6.45, 7) is 3.70. The molecule has 1 fully saturated rings. The van der Waals surface area contributed by atoms with Crippen LogP contribution in [0.2, 0.25) is 0 Å². The minimum atomic E-state index is -0.559. The molecule has 0 atom stereocenters. The molecule has 2 heteroatoms. The monoisotopic (exact) mass is 224 g/mol. The highest BCUT2D eigenvalue weighted by molar-refractivity contribution is 5.74. The summed E-state index contributed by atoms with van der Waals surface area (Å²) < 4.78 is 0. The van der Waals surface area contributed by atoms with E-state index < -0.39 is 5.97 Å². The van der Waals surface area contributed by atoms with Gasteiger partial charge in [0.25, 0.3) is 0 Å². The van der Waals surface area contributed by atoms with E-state index in [-0.39, 0.29) is 5.41 Å². The van der Waals surface area contributed by atoms with Crippen molar-refractivity contribution in [2.45, 2.75) is 64.2 Å². The van der Waals surface area contributed by atoms with Gasteiger partial charge in [-0.3, -0.25) is 4.79 Å². The lowest BCUT2D eigenvalue weighted by Crippen LogP contribution is -2.33. The number of rotatable bonds is 7. The van der Waals surface area contributed by atoms with Crippen LogP contribution in [0.15, 0.2) is 12.7 Å². The lowest BCUT2D eigenvalue weighted by atomic mass is 9.71. The fourth-order valence-electron chi connectivity index (χ4n) is 2.73. The van der Waals surface area contributed by atoms with E-state index in [9.17, 15) is 9.90 Å². The molecule has 0 bridgehead atoms. The van der Waals surface area contributed by atoms with E-state index in [0.29, 0.717) is 0 Å². The van der Waals surface area contributed by atoms with Gasteiger partial charge in [-0.2, -0.15) is 0 Å². The quantitative estimate of drug-likeness (QED) is 0.521. The first-order valence-electron chi connectivity index (χ1n) is 6.55. The van der Waals surface area contributed by atoms with Crippen LogP contribution in [0.5, 0.6) is 0 Å². The van der Waals surface area contributed by atoms with Crippen LogP contribution in [0, 0.1) is 5.41 Å². The van der Waals surface area contributed by atoms with Gasteiger partial charge >= 0.3 is 5.97 Å². The third-order valence-corrected chi connectivity index (χ3v) is 3.83. The molecule has 0 unspecified atom stereocenters. The van der Waals surface area contributed by atoms with Crippen LogP contribution < -0.4 is 0 Å². The molecule has 0 aromatic heterocycles. The summed E-state index contributed by atoms with van der Waals surface area (Å²) in [7, 11) is 0. The van der Waals surface area contributed by atoms with E-state index in [1.165, 1.54) is 6.42 Å². The molecule has 0 saturated heterocycles. The van der Waals surface area contributed by atoms with E-state index in [4.69, 9.17) is 0 Å². The Kier molecular flexibility index (Phi) is 5.58. The van der Waals surface area contributed by atoms with Crippen LogP contribution in [0.4, 0.5) is 0 Å². The maximum absolute atomic E-state index is 11.4. The maximum Gasteiger partial charge on any atom is 0.309 e. The number of unbranched alkanes of at least 4 members (excludes halogenated alkanes) is 3. The highest BCUT2D eigenvalue weighted by Gasteiger charge is 2.38. The van der Waals surface area contributed by atoms with Gasteiger partial charge in [0.2, 0.25) is 0 Å². The fourth-order valence-corrected chi connectivity index (χ4v) is 2.73. The first-order chi connectivity index (χ1) is 7.71. The fraction of sp³-hybridized carbons (Fsp3) is 0.786. The lowest BCUT2D eigenvalue weighted by molar-refractivity contribution is -0.151. The number of aliphatic carboxylic acids is 1. The molecule has 92 valence electrons. The Hall–Kier alpha value is -0.790. The van der Waals surface area contributed by atoms with Crippen LogP contribution in [0.25, 0.3) is 0 Å². The molecule has 2 nitrogen and oxygen atoms in total. The average Bonchev–Trinajstić information content (AvgIpc) is 2.30. The van der Waals surface area contributed by atoms with Crippen molar-refractivity contribution in [2.24, 2.45) is 5.41 Å². The van der Waals surface area contributed by atoms with E-state index >= 15 is 0 Å². The predicted octanol–water partition coefficient (Wildman–Crippen LogP) is 4.16. The van der Waals surface area contributed by atoms with Crippen molar-refractivity contribution in [1.29, 1.82) is 0 Å². The zero-order chi connectivity index (χ0) is 11.9. The van der Waals surface area contributed by atoms with Gasteiger partial charge in [0.15, 0.2) is 0 Å². The van der Waals surface area contributed by atoms with Gasteiger partial charge in [0, 0.05) is 0 Å². The van der Waals surface area contributed by atoms with Crippen molar-refractivity contribution in [3.05, 3.63) is 12.7 Å². The normalized spacial score (nSPS) is 19.2. The Morgan fingerprint density at radius 3 is 2.44 bits per heavy atom. The van der Waals surface area contributed by atoms with Crippen molar-refractivity contribution in [3.63, 3.8) is 0 Å². The van der Waals surface area contributed by atoms with Gasteiger partial charge < -0.3 is 5.11 Å². The first kappa shape index (κ1) is 13.3. The number of carbonyl (C=O) groups is 1. The third-order valence-electron chi connectivity index (χ3n) is 3.83. The van der Waals surface area contributed by atoms with Gasteiger partial charge in [-0.05, 0) is 32.1 Å². The van der Waals surface area contributed by atoms with E-state index in [1.54, 1.807) is 0 Å². The average molecular weight is 224 g/mol. The summed E-state index contributed by atoms with van der Waals surface area (Å²) in [6, 6.07) is 0. The van der Waals surface area contributed by atoms with Crippen LogP contribution in [0.3, 0.4) is 0 Å². The molecule has 1 aliphatic rings. The number of hydrogen-bond donors (Lipinski definition) is 1. The van der Waals surface area contributed by atoms with Gasteiger partial charge in [0.05, 0.1) is 5.41 Å². The summed E-state index contributed by atoms with van der Waals surface area (Å²) in [6.07, 6.45) is 12.4. The molecule has 0 amide bonds. The van der Waals surface area contributed by atoms with Crippen molar-refractivity contribution >= 4 is 5.97 Å². The largest absolute Gasteiger partial charge is 0.481 e. The Morgan fingerprint density at radius 1 is 1.19 bits per heavy atom. The second kappa shape index (κ2) is 6.72. The highest BCUT2D eigenvalue weighted by atomic mass is 16.4. The topological polar surface area (TPSA) is 37.3 Å². The predicted molar refractivity (Wildman–Crippen MR) is 66.4 cm³/mol. The second-order valence-corrected chi connectivity index (χ2v) is 5.03. The van der Waals surface area contributed by atoms with Gasteiger partial charge in [-0.15, -0.1) is 6.58 Å². The van der Waals surface area contributed by atoms with Gasteiger partial charge in [-0.25, -0.2) is 0 Å². The smallest absolute Gasteiger partial charge is 0.309 e. The Morgan fingerprint density at radius 2 is 1.88 bits per heavy atom. The van der Waals surface area contributed by atoms with E-state index in [1.807, 2.05) is 6.08 Å². The minimum Gasteiger partial charge on any atom is -0.481 e. The minimum absolute atomic E-state index is 0.383. The molecular formula is C14H24O2. The zero-order valence-electron chi connectivity index (χ0n) is 10.2. The van der Waals surface area contributed by atoms with Crippen LogP contribution in [-0.4, -0.2) is 11.1 Å². The van der Waals surface area contributed by atoms with Crippen molar-refractivity contribution in [1.82, 2.24) is 0 Å². The highest BCUT2D eigenvalue weighted by Crippen LogP contribution is 2.40. The molecule has 0 aromatic carbocycles. The van der Waals surface area contributed by atoms with Crippen LogP contribution >= 0.6 is 0 Å². The number of allylic oxidation sites excluding steroid dienone is 1. The molecule has 0 spiro atoms. The number of hydrogen-bond acceptors (Lipinski definition) is 1. The van der Waals surface area contributed by atoms with Crippen molar-refractivity contribution < 1.29 is 9.90 Å². The number of carboxylic acid groups (broad SMARTS) is 1. The second-order valence-electron chi connectivity index (χ2n) is 5.03. The zero-order valence-corrected chi connectivity index (χ0v) is 10.2. The lowest BCUT2D eigenvalue weighted by Gasteiger charge is -2.33. The Bertz CT molecular complexity index is 227. The molecular weight excluding hydrogens is 200 g/mol. The van der Waals surface area contributed by atoms with Gasteiger partial charge in [-0.1, -0.05) is 38.2 Å². The summed E-state index contributed by atoms with van der Waals surface area (Å²) in [4.78, 5) is 11.4. The van der Waals surface area contributed by atoms with Crippen LogP contribution in [-0.2, 0) is 4.79 Å². The van der Waals surface area contributed by atoms with Crippen molar-refractivity contribution in [2.75, 3.05) is 0 Å². The summed E-state index contributed by atoms with van der Waals surface area (Å²) in [5.41, 5.74) is -0.383. The molecule has 1 aliphatic carbocycles. The molecule has 0 radical (unpaired) electrons. The van der Waals surface area contributed by atoms with Crippen molar-refractivity contribution in [3.8, 4) is 0 Å². The first-order valence-corrected chi connectivity index (χ1v) is 6.55. The van der Waals surface area contributed by atoms with E-state index in [2.05, 4.69) is 6.58 Å². The molecule has 1 N–H and O–H groups in total. The van der Waals surface area contributed by atoms with Crippen LogP contribution in [0.1, 0.15) is 64.2 Å². The summed E-state index contributed by atoms with van der Waals surface area (Å²) >= 11 is 0. The van der Waals surface area contributed by atoms with Gasteiger partial charge in [0.1, 0.15) is 0 Å². The maximum atomic E-state index is 11.4. The standard InChI is InChI=1S/C14H24O2/c1-2-3-4-5-7-10-14(13(15)16)11-8-6-9-12-14/h2H,1,3-12H2,(H,15,16). The SMILES string of the molecule is C=CCCCCCC1(C(=O)O)CCCCC1. The molecule has 0 aliphatic heterocycles. The summed E-state index contributed by atoms with van der Waals surface area (Å²) in [5.74, 6) is -0.559. The molecule has 16 heavy (non-hydrogen) atoms. The summed E-state index contributed by atoms with van der Waals surface area (Å²) in [5, 5.41) is 9.38. The Labute approximate surface area is 98.7 Å². The molecule has 1 saturated carbocycles. The molecule has 0 heterocycles.